The van der Waals surface area contributed by atoms with Gasteiger partial charge in [-0.25, -0.2) is 9.97 Å². The van der Waals surface area contributed by atoms with E-state index in [-0.39, 0.29) is 0 Å². The lowest BCUT2D eigenvalue weighted by Crippen LogP contribution is -2.30. The van der Waals surface area contributed by atoms with Gasteiger partial charge in [0.15, 0.2) is 0 Å². The molecule has 5 nitrogen and oxygen atoms in total. The van der Waals surface area contributed by atoms with Crippen molar-refractivity contribution in [2.24, 2.45) is 0 Å². The molecule has 1 fully saturated rings. The number of aromatic nitrogens is 2. The molecule has 2 heterocycles. The molecule has 0 N–H and O–H groups in total. The second-order valence-corrected chi connectivity index (χ2v) is 4.84. The lowest BCUT2D eigenvalue weighted by molar-refractivity contribution is 0.0926. The molecule has 1 aromatic rings. The van der Waals surface area contributed by atoms with Crippen molar-refractivity contribution in [2.75, 3.05) is 38.3 Å². The molecule has 1 saturated heterocycles. The van der Waals surface area contributed by atoms with Crippen LogP contribution >= 0.6 is 0 Å². The van der Waals surface area contributed by atoms with Crippen LogP contribution in [0.3, 0.4) is 0 Å². The highest BCUT2D eigenvalue weighted by molar-refractivity contribution is 5.30. The molecule has 0 spiro atoms. The van der Waals surface area contributed by atoms with Crippen molar-refractivity contribution in [1.82, 2.24) is 9.97 Å². The minimum atomic E-state index is 0.573. The number of rotatable bonds is 7. The van der Waals surface area contributed by atoms with Gasteiger partial charge in [-0.15, -0.1) is 0 Å². The van der Waals surface area contributed by atoms with Gasteiger partial charge in [-0.05, 0) is 25.7 Å². The molecule has 0 amide bonds. The fourth-order valence-corrected chi connectivity index (χ4v) is 2.18. The van der Waals surface area contributed by atoms with Crippen molar-refractivity contribution < 1.29 is 9.47 Å². The number of methoxy groups -OCH3 is 1. The lowest BCUT2D eigenvalue weighted by atomic mass is 10.1. The van der Waals surface area contributed by atoms with E-state index >= 15 is 0 Å². The van der Waals surface area contributed by atoms with E-state index in [2.05, 4.69) is 14.9 Å². The van der Waals surface area contributed by atoms with Crippen LogP contribution in [0.5, 0.6) is 0 Å². The summed E-state index contributed by atoms with van der Waals surface area (Å²) in [5.74, 6) is 0.850. The van der Waals surface area contributed by atoms with E-state index < -0.39 is 0 Å². The Morgan fingerprint density at radius 3 is 2.53 bits per heavy atom. The first kappa shape index (κ1) is 14.2. The SMILES string of the molecule is COCCCOCc1cnc(N2CCCCC2)nc1. The molecular formula is C14H23N3O2. The second-order valence-electron chi connectivity index (χ2n) is 4.84. The van der Waals surface area contributed by atoms with E-state index in [0.717, 1.165) is 37.6 Å². The van der Waals surface area contributed by atoms with Crippen LogP contribution in [0.15, 0.2) is 12.4 Å². The number of piperidine rings is 1. The molecule has 1 aliphatic rings. The Labute approximate surface area is 115 Å². The van der Waals surface area contributed by atoms with E-state index in [1.54, 1.807) is 7.11 Å². The first-order valence-corrected chi connectivity index (χ1v) is 7.02. The lowest BCUT2D eigenvalue weighted by Gasteiger charge is -2.26. The quantitative estimate of drug-likeness (QED) is 0.706. The van der Waals surface area contributed by atoms with Gasteiger partial charge in [0.1, 0.15) is 0 Å². The van der Waals surface area contributed by atoms with Crippen LogP contribution in [0.25, 0.3) is 0 Å². The molecule has 0 atom stereocenters. The average Bonchev–Trinajstić information content (AvgIpc) is 2.49. The smallest absolute Gasteiger partial charge is 0.225 e. The van der Waals surface area contributed by atoms with E-state index in [4.69, 9.17) is 9.47 Å². The first-order chi connectivity index (χ1) is 9.40. The zero-order valence-corrected chi connectivity index (χ0v) is 11.7. The maximum atomic E-state index is 5.53. The topological polar surface area (TPSA) is 47.5 Å². The van der Waals surface area contributed by atoms with Gasteiger partial charge in [0.25, 0.3) is 0 Å². The minimum absolute atomic E-state index is 0.573. The summed E-state index contributed by atoms with van der Waals surface area (Å²) in [5.41, 5.74) is 1.03. The van der Waals surface area contributed by atoms with Crippen molar-refractivity contribution in [2.45, 2.75) is 32.3 Å². The predicted octanol–water partition coefficient (Wildman–Crippen LogP) is 2.02. The van der Waals surface area contributed by atoms with Gasteiger partial charge in [-0.1, -0.05) is 0 Å². The summed E-state index contributed by atoms with van der Waals surface area (Å²) in [6.45, 7) is 4.18. The Morgan fingerprint density at radius 1 is 1.11 bits per heavy atom. The molecule has 0 aliphatic carbocycles. The molecule has 0 bridgehead atoms. The number of hydrogen-bond acceptors (Lipinski definition) is 5. The predicted molar refractivity (Wildman–Crippen MR) is 74.2 cm³/mol. The molecule has 2 rings (SSSR count). The normalized spacial score (nSPS) is 15.7. The van der Waals surface area contributed by atoms with Gasteiger partial charge in [-0.3, -0.25) is 0 Å². The summed E-state index contributed by atoms with van der Waals surface area (Å²) in [7, 11) is 1.70. The number of anilines is 1. The summed E-state index contributed by atoms with van der Waals surface area (Å²) in [6.07, 6.45) is 8.47. The molecule has 106 valence electrons. The Bertz CT molecular complexity index is 350. The van der Waals surface area contributed by atoms with Crippen LogP contribution in [-0.2, 0) is 16.1 Å². The minimum Gasteiger partial charge on any atom is -0.385 e. The van der Waals surface area contributed by atoms with Crippen LogP contribution in [0, 0.1) is 0 Å². The molecule has 0 radical (unpaired) electrons. The monoisotopic (exact) mass is 265 g/mol. The third-order valence-electron chi connectivity index (χ3n) is 3.24. The Morgan fingerprint density at radius 2 is 1.84 bits per heavy atom. The largest absolute Gasteiger partial charge is 0.385 e. The summed E-state index contributed by atoms with van der Waals surface area (Å²) < 4.78 is 10.5. The maximum absolute atomic E-state index is 5.53. The van der Waals surface area contributed by atoms with Crippen LogP contribution in [0.2, 0.25) is 0 Å². The molecule has 1 aromatic heterocycles. The third kappa shape index (κ3) is 4.76. The highest BCUT2D eigenvalue weighted by Gasteiger charge is 2.12. The van der Waals surface area contributed by atoms with E-state index in [0.29, 0.717) is 13.2 Å². The summed E-state index contributed by atoms with van der Waals surface area (Å²) in [4.78, 5) is 11.1. The van der Waals surface area contributed by atoms with Gasteiger partial charge in [0, 0.05) is 51.4 Å². The number of hydrogen-bond donors (Lipinski definition) is 0. The summed E-state index contributed by atoms with van der Waals surface area (Å²) in [6, 6.07) is 0. The van der Waals surface area contributed by atoms with Crippen molar-refractivity contribution in [3.63, 3.8) is 0 Å². The summed E-state index contributed by atoms with van der Waals surface area (Å²) in [5, 5.41) is 0. The molecule has 19 heavy (non-hydrogen) atoms. The second kappa shape index (κ2) is 8.07. The average molecular weight is 265 g/mol. The molecule has 0 unspecified atom stereocenters. The van der Waals surface area contributed by atoms with Crippen molar-refractivity contribution in [1.29, 1.82) is 0 Å². The highest BCUT2D eigenvalue weighted by Crippen LogP contribution is 2.15. The van der Waals surface area contributed by atoms with Gasteiger partial charge in [0.05, 0.1) is 6.61 Å². The van der Waals surface area contributed by atoms with E-state index in [1.807, 2.05) is 12.4 Å². The van der Waals surface area contributed by atoms with Crippen molar-refractivity contribution >= 4 is 5.95 Å². The maximum Gasteiger partial charge on any atom is 0.225 e. The van der Waals surface area contributed by atoms with Gasteiger partial charge in [0.2, 0.25) is 5.95 Å². The van der Waals surface area contributed by atoms with E-state index in [9.17, 15) is 0 Å². The van der Waals surface area contributed by atoms with Crippen LogP contribution < -0.4 is 4.90 Å². The van der Waals surface area contributed by atoms with Gasteiger partial charge >= 0.3 is 0 Å². The van der Waals surface area contributed by atoms with Crippen molar-refractivity contribution in [3.05, 3.63) is 18.0 Å². The fourth-order valence-electron chi connectivity index (χ4n) is 2.18. The molecule has 0 saturated carbocycles. The molecule has 5 heteroatoms. The Kier molecular flexibility index (Phi) is 6.04. The summed E-state index contributed by atoms with van der Waals surface area (Å²) >= 11 is 0. The van der Waals surface area contributed by atoms with Gasteiger partial charge < -0.3 is 14.4 Å². The van der Waals surface area contributed by atoms with Crippen LogP contribution in [-0.4, -0.2) is 43.4 Å². The zero-order valence-electron chi connectivity index (χ0n) is 11.7. The third-order valence-corrected chi connectivity index (χ3v) is 3.24. The zero-order chi connectivity index (χ0) is 13.3. The Balaban J connectivity index is 1.74. The number of ether oxygens (including phenoxy) is 2. The van der Waals surface area contributed by atoms with E-state index in [1.165, 1.54) is 19.3 Å². The fraction of sp³-hybridized carbons (Fsp3) is 0.714. The van der Waals surface area contributed by atoms with Crippen LogP contribution in [0.4, 0.5) is 5.95 Å². The Hall–Kier alpha value is -1.20. The standard InChI is InChI=1S/C14H23N3O2/c1-18-8-5-9-19-12-13-10-15-14(16-11-13)17-6-3-2-4-7-17/h10-11H,2-9,12H2,1H3. The highest BCUT2D eigenvalue weighted by atomic mass is 16.5. The van der Waals surface area contributed by atoms with Crippen LogP contribution in [0.1, 0.15) is 31.2 Å². The number of nitrogens with zero attached hydrogens (tertiary/aromatic N) is 3. The molecular weight excluding hydrogens is 242 g/mol. The molecule has 0 aromatic carbocycles. The van der Waals surface area contributed by atoms with Gasteiger partial charge in [-0.2, -0.15) is 0 Å². The van der Waals surface area contributed by atoms with Crippen molar-refractivity contribution in [3.8, 4) is 0 Å². The first-order valence-electron chi connectivity index (χ1n) is 7.02. The molecule has 1 aliphatic heterocycles.